The van der Waals surface area contributed by atoms with Crippen LogP contribution in [0, 0.1) is 0 Å². The van der Waals surface area contributed by atoms with Crippen LogP contribution in [0.4, 0.5) is 0 Å². The summed E-state index contributed by atoms with van der Waals surface area (Å²) >= 11 is 3.32. The fraction of sp³-hybridized carbons (Fsp3) is 0.267. The summed E-state index contributed by atoms with van der Waals surface area (Å²) in [6, 6.07) is 11.6. The predicted octanol–water partition coefficient (Wildman–Crippen LogP) is 3.46. The van der Waals surface area contributed by atoms with Crippen molar-refractivity contribution in [3.63, 3.8) is 0 Å². The number of benzene rings is 1. The van der Waals surface area contributed by atoms with Crippen molar-refractivity contribution in [2.45, 2.75) is 13.0 Å². The van der Waals surface area contributed by atoms with Crippen molar-refractivity contribution in [1.82, 2.24) is 4.90 Å². The number of carbonyl (C=O) groups is 1. The molecule has 21 heavy (non-hydrogen) atoms. The first-order valence-corrected chi connectivity index (χ1v) is 7.28. The third-order valence-corrected chi connectivity index (χ3v) is 3.57. The Morgan fingerprint density at radius 3 is 2.52 bits per heavy atom. The molecule has 0 aliphatic heterocycles. The van der Waals surface area contributed by atoms with Gasteiger partial charge in [-0.25, -0.2) is 0 Å². The highest BCUT2D eigenvalue weighted by Crippen LogP contribution is 2.20. The summed E-state index contributed by atoms with van der Waals surface area (Å²) in [4.78, 5) is 14.3. The van der Waals surface area contributed by atoms with Crippen LogP contribution in [0.25, 0.3) is 0 Å². The molecule has 1 aromatic carbocycles. The van der Waals surface area contributed by atoms with Crippen LogP contribution < -0.4 is 5.73 Å². The fourth-order valence-electron chi connectivity index (χ4n) is 1.93. The third-order valence-electron chi connectivity index (χ3n) is 2.95. The summed E-state index contributed by atoms with van der Waals surface area (Å²) < 4.78 is 5.93. The Bertz CT molecular complexity index is 560. The normalized spacial score (nSPS) is 10.0. The first-order valence-electron chi connectivity index (χ1n) is 6.48. The maximum absolute atomic E-state index is 12.5. The van der Waals surface area contributed by atoms with Crippen LogP contribution >= 0.6 is 28.3 Å². The lowest BCUT2D eigenvalue weighted by Gasteiger charge is -2.21. The van der Waals surface area contributed by atoms with Crippen LogP contribution in [-0.4, -0.2) is 23.9 Å². The largest absolute Gasteiger partial charge is 0.458 e. The van der Waals surface area contributed by atoms with E-state index in [4.69, 9.17) is 10.2 Å². The molecule has 0 spiro atoms. The summed E-state index contributed by atoms with van der Waals surface area (Å²) in [6.07, 6.45) is 2.26. The zero-order valence-corrected chi connectivity index (χ0v) is 13.9. The molecule has 2 rings (SSSR count). The molecule has 2 aromatic rings. The Morgan fingerprint density at radius 2 is 1.95 bits per heavy atom. The molecular formula is C15H18BrClN2O2. The van der Waals surface area contributed by atoms with E-state index in [2.05, 4.69) is 15.9 Å². The van der Waals surface area contributed by atoms with E-state index in [0.29, 0.717) is 29.9 Å². The summed E-state index contributed by atoms with van der Waals surface area (Å²) in [5.41, 5.74) is 6.63. The maximum Gasteiger partial charge on any atom is 0.291 e. The Labute approximate surface area is 138 Å². The molecule has 0 saturated heterocycles. The van der Waals surface area contributed by atoms with Gasteiger partial charge < -0.3 is 15.1 Å². The van der Waals surface area contributed by atoms with E-state index in [-0.39, 0.29) is 18.3 Å². The summed E-state index contributed by atoms with van der Waals surface area (Å²) in [5, 5.41) is 0. The molecule has 1 aromatic heterocycles. The second kappa shape index (κ2) is 8.87. The van der Waals surface area contributed by atoms with Crippen molar-refractivity contribution in [2.24, 2.45) is 5.73 Å². The van der Waals surface area contributed by atoms with E-state index in [1.54, 1.807) is 11.0 Å². The van der Waals surface area contributed by atoms with Crippen LogP contribution in [0.15, 0.2) is 51.6 Å². The lowest BCUT2D eigenvalue weighted by Crippen LogP contribution is -2.32. The lowest BCUT2D eigenvalue weighted by molar-refractivity contribution is 0.0708. The van der Waals surface area contributed by atoms with E-state index < -0.39 is 0 Å². The van der Waals surface area contributed by atoms with E-state index >= 15 is 0 Å². The minimum absolute atomic E-state index is 0. The van der Waals surface area contributed by atoms with Gasteiger partial charge in [-0.3, -0.25) is 4.79 Å². The SMILES string of the molecule is Cl.NCCCN(Cc1ccccc1)C(=O)c1occc1Br. The number of furan rings is 1. The van der Waals surface area contributed by atoms with Gasteiger partial charge >= 0.3 is 0 Å². The van der Waals surface area contributed by atoms with Gasteiger partial charge in [0.2, 0.25) is 5.76 Å². The molecule has 0 radical (unpaired) electrons. The number of nitrogens with zero attached hydrogens (tertiary/aromatic N) is 1. The van der Waals surface area contributed by atoms with Gasteiger partial charge in [0.25, 0.3) is 5.91 Å². The highest BCUT2D eigenvalue weighted by molar-refractivity contribution is 9.10. The number of nitrogens with two attached hydrogens (primary N) is 1. The number of halogens is 2. The molecule has 0 unspecified atom stereocenters. The zero-order valence-electron chi connectivity index (χ0n) is 11.5. The van der Waals surface area contributed by atoms with Crippen LogP contribution in [0.3, 0.4) is 0 Å². The van der Waals surface area contributed by atoms with E-state index in [1.807, 2.05) is 30.3 Å². The second-order valence-electron chi connectivity index (χ2n) is 4.45. The van der Waals surface area contributed by atoms with Crippen molar-refractivity contribution >= 4 is 34.2 Å². The molecule has 1 amide bonds. The third kappa shape index (κ3) is 4.88. The number of hydrogen-bond donors (Lipinski definition) is 1. The van der Waals surface area contributed by atoms with Crippen LogP contribution in [0.2, 0.25) is 0 Å². The summed E-state index contributed by atoms with van der Waals surface area (Å²) in [6.45, 7) is 1.71. The molecule has 0 saturated carbocycles. The van der Waals surface area contributed by atoms with Crippen LogP contribution in [0.5, 0.6) is 0 Å². The second-order valence-corrected chi connectivity index (χ2v) is 5.31. The van der Waals surface area contributed by atoms with Crippen molar-refractivity contribution in [1.29, 1.82) is 0 Å². The average Bonchev–Trinajstić information content (AvgIpc) is 2.90. The summed E-state index contributed by atoms with van der Waals surface area (Å²) in [7, 11) is 0. The molecule has 0 fully saturated rings. The number of rotatable bonds is 6. The minimum Gasteiger partial charge on any atom is -0.458 e. The van der Waals surface area contributed by atoms with E-state index in [1.165, 1.54) is 6.26 Å². The molecule has 0 aliphatic rings. The van der Waals surface area contributed by atoms with Crippen LogP contribution in [0.1, 0.15) is 22.5 Å². The predicted molar refractivity (Wildman–Crippen MR) is 88.5 cm³/mol. The highest BCUT2D eigenvalue weighted by atomic mass is 79.9. The summed E-state index contributed by atoms with van der Waals surface area (Å²) in [5.74, 6) is 0.206. The van der Waals surface area contributed by atoms with Gasteiger partial charge in [0, 0.05) is 13.1 Å². The number of amides is 1. The molecule has 0 aliphatic carbocycles. The number of hydrogen-bond acceptors (Lipinski definition) is 3. The Morgan fingerprint density at radius 1 is 1.24 bits per heavy atom. The maximum atomic E-state index is 12.5. The molecule has 114 valence electrons. The van der Waals surface area contributed by atoms with Gasteiger partial charge in [-0.15, -0.1) is 12.4 Å². The highest BCUT2D eigenvalue weighted by Gasteiger charge is 2.21. The van der Waals surface area contributed by atoms with E-state index in [0.717, 1.165) is 12.0 Å². The molecule has 6 heteroatoms. The Hall–Kier alpha value is -1.30. The van der Waals surface area contributed by atoms with Crippen molar-refractivity contribution in [2.75, 3.05) is 13.1 Å². The molecule has 0 atom stereocenters. The first-order chi connectivity index (χ1) is 9.72. The van der Waals surface area contributed by atoms with Crippen molar-refractivity contribution in [3.8, 4) is 0 Å². The molecule has 4 nitrogen and oxygen atoms in total. The monoisotopic (exact) mass is 372 g/mol. The molecule has 0 bridgehead atoms. The molecule has 1 heterocycles. The van der Waals surface area contributed by atoms with Gasteiger partial charge in [-0.1, -0.05) is 30.3 Å². The number of carbonyl (C=O) groups excluding carboxylic acids is 1. The van der Waals surface area contributed by atoms with Gasteiger partial charge in [0.1, 0.15) is 0 Å². The van der Waals surface area contributed by atoms with Crippen molar-refractivity contribution < 1.29 is 9.21 Å². The average molecular weight is 374 g/mol. The minimum atomic E-state index is -0.126. The van der Waals surface area contributed by atoms with Gasteiger partial charge in [0.15, 0.2) is 0 Å². The molecule has 2 N–H and O–H groups in total. The van der Waals surface area contributed by atoms with E-state index in [9.17, 15) is 4.79 Å². The van der Waals surface area contributed by atoms with Gasteiger partial charge in [0.05, 0.1) is 10.7 Å². The fourth-order valence-corrected chi connectivity index (χ4v) is 2.30. The first kappa shape index (κ1) is 17.8. The smallest absolute Gasteiger partial charge is 0.291 e. The van der Waals surface area contributed by atoms with Gasteiger partial charge in [-0.05, 0) is 40.5 Å². The Balaban J connectivity index is 0.00000220. The van der Waals surface area contributed by atoms with Crippen LogP contribution in [-0.2, 0) is 6.54 Å². The quantitative estimate of drug-likeness (QED) is 0.843. The standard InChI is InChI=1S/C15H17BrN2O2.ClH/c16-13-7-10-20-14(13)15(19)18(9-4-8-17)11-12-5-2-1-3-6-12;/h1-3,5-7,10H,4,8-9,11,17H2;1H. The van der Waals surface area contributed by atoms with Crippen molar-refractivity contribution in [3.05, 3.63) is 58.5 Å². The Kier molecular flexibility index (Phi) is 7.50. The van der Waals surface area contributed by atoms with Gasteiger partial charge in [-0.2, -0.15) is 0 Å². The zero-order chi connectivity index (χ0) is 14.4. The lowest BCUT2D eigenvalue weighted by atomic mass is 10.2. The molecular weight excluding hydrogens is 356 g/mol. The topological polar surface area (TPSA) is 59.5 Å².